The largest absolute Gasteiger partial charge is 0.478 e. The van der Waals surface area contributed by atoms with Gasteiger partial charge in [0.1, 0.15) is 5.82 Å². The summed E-state index contributed by atoms with van der Waals surface area (Å²) in [5, 5.41) is 9.07. The molecule has 0 bridgehead atoms. The molecule has 0 aliphatic heterocycles. The molecular weight excluding hydrogens is 265 g/mol. The van der Waals surface area contributed by atoms with E-state index in [0.29, 0.717) is 15.4 Å². The molecule has 0 spiro atoms. The summed E-state index contributed by atoms with van der Waals surface area (Å²) >= 11 is 1.17. The standard InChI is InChI=1S/C14H12FNO2S/c1-8-6-9(7-10(13(8)16)14(17)18)19-12-5-3-2-4-11(12)15/h2-7H,16H2,1H3,(H,17,18). The van der Waals surface area contributed by atoms with Crippen LogP contribution >= 0.6 is 11.8 Å². The molecule has 0 radical (unpaired) electrons. The molecule has 0 heterocycles. The molecule has 19 heavy (non-hydrogen) atoms. The van der Waals surface area contributed by atoms with Crippen molar-refractivity contribution in [2.75, 3.05) is 5.73 Å². The number of hydrogen-bond acceptors (Lipinski definition) is 3. The predicted octanol–water partition coefficient (Wildman–Crippen LogP) is 3.57. The van der Waals surface area contributed by atoms with E-state index in [1.54, 1.807) is 31.2 Å². The number of aromatic carboxylic acids is 1. The van der Waals surface area contributed by atoms with Crippen LogP contribution in [0.3, 0.4) is 0 Å². The van der Waals surface area contributed by atoms with Gasteiger partial charge in [0, 0.05) is 15.5 Å². The smallest absolute Gasteiger partial charge is 0.337 e. The summed E-state index contributed by atoms with van der Waals surface area (Å²) in [6.45, 7) is 1.73. The van der Waals surface area contributed by atoms with Crippen LogP contribution in [0.2, 0.25) is 0 Å². The third-order valence-electron chi connectivity index (χ3n) is 2.66. The number of hydrogen-bond donors (Lipinski definition) is 2. The fraction of sp³-hybridized carbons (Fsp3) is 0.0714. The maximum Gasteiger partial charge on any atom is 0.337 e. The molecule has 0 saturated carbocycles. The molecule has 2 rings (SSSR count). The van der Waals surface area contributed by atoms with E-state index in [1.807, 2.05) is 0 Å². The van der Waals surface area contributed by atoms with Crippen LogP contribution in [0.15, 0.2) is 46.2 Å². The lowest BCUT2D eigenvalue weighted by molar-refractivity contribution is 0.0697. The van der Waals surface area contributed by atoms with E-state index in [9.17, 15) is 9.18 Å². The summed E-state index contributed by atoms with van der Waals surface area (Å²) in [6, 6.07) is 9.56. The highest BCUT2D eigenvalue weighted by atomic mass is 32.2. The van der Waals surface area contributed by atoms with Crippen LogP contribution in [-0.2, 0) is 0 Å². The summed E-state index contributed by atoms with van der Waals surface area (Å²) in [4.78, 5) is 12.2. The van der Waals surface area contributed by atoms with Gasteiger partial charge in [0.25, 0.3) is 0 Å². The van der Waals surface area contributed by atoms with Gasteiger partial charge in [-0.15, -0.1) is 0 Å². The van der Waals surface area contributed by atoms with E-state index in [-0.39, 0.29) is 17.1 Å². The predicted molar refractivity (Wildman–Crippen MR) is 73.1 cm³/mol. The molecule has 3 nitrogen and oxygen atoms in total. The number of anilines is 1. The molecule has 0 aliphatic carbocycles. The molecule has 0 amide bonds. The number of halogens is 1. The third kappa shape index (κ3) is 2.88. The van der Waals surface area contributed by atoms with Crippen molar-refractivity contribution in [3.05, 3.63) is 53.3 Å². The van der Waals surface area contributed by atoms with E-state index in [1.165, 1.54) is 23.9 Å². The number of rotatable bonds is 3. The van der Waals surface area contributed by atoms with Gasteiger partial charge in [-0.2, -0.15) is 0 Å². The fourth-order valence-electron chi connectivity index (χ4n) is 1.66. The molecule has 0 saturated heterocycles. The minimum Gasteiger partial charge on any atom is -0.478 e. The van der Waals surface area contributed by atoms with Crippen molar-refractivity contribution in [2.24, 2.45) is 0 Å². The van der Waals surface area contributed by atoms with Gasteiger partial charge in [0.05, 0.1) is 5.56 Å². The van der Waals surface area contributed by atoms with Crippen LogP contribution in [-0.4, -0.2) is 11.1 Å². The number of carboxylic acids is 1. The number of carbonyl (C=O) groups is 1. The van der Waals surface area contributed by atoms with E-state index in [0.717, 1.165) is 0 Å². The van der Waals surface area contributed by atoms with Crippen LogP contribution in [0.4, 0.5) is 10.1 Å². The molecule has 0 aromatic heterocycles. The van der Waals surface area contributed by atoms with Crippen molar-refractivity contribution in [1.82, 2.24) is 0 Å². The van der Waals surface area contributed by atoms with Gasteiger partial charge in [-0.25, -0.2) is 9.18 Å². The second-order valence-electron chi connectivity index (χ2n) is 4.04. The SMILES string of the molecule is Cc1cc(Sc2ccccc2F)cc(C(=O)O)c1N. The summed E-state index contributed by atoms with van der Waals surface area (Å²) in [5.41, 5.74) is 6.66. The Kier molecular flexibility index (Phi) is 3.76. The lowest BCUT2D eigenvalue weighted by atomic mass is 10.1. The summed E-state index contributed by atoms with van der Waals surface area (Å²) < 4.78 is 13.6. The molecule has 5 heteroatoms. The second-order valence-corrected chi connectivity index (χ2v) is 5.15. The maximum atomic E-state index is 13.6. The van der Waals surface area contributed by atoms with Gasteiger partial charge in [-0.3, -0.25) is 0 Å². The Bertz CT molecular complexity index is 643. The highest BCUT2D eigenvalue weighted by Crippen LogP contribution is 2.33. The Balaban J connectivity index is 2.42. The van der Waals surface area contributed by atoms with Gasteiger partial charge in [-0.1, -0.05) is 23.9 Å². The first kappa shape index (κ1) is 13.4. The number of benzene rings is 2. The van der Waals surface area contributed by atoms with Crippen molar-refractivity contribution >= 4 is 23.4 Å². The lowest BCUT2D eigenvalue weighted by Gasteiger charge is -2.09. The highest BCUT2D eigenvalue weighted by Gasteiger charge is 2.13. The van der Waals surface area contributed by atoms with Crippen molar-refractivity contribution in [3.8, 4) is 0 Å². The highest BCUT2D eigenvalue weighted by molar-refractivity contribution is 7.99. The molecule has 0 aliphatic rings. The van der Waals surface area contributed by atoms with Gasteiger partial charge in [0.2, 0.25) is 0 Å². The summed E-state index contributed by atoms with van der Waals surface area (Å²) in [5.74, 6) is -1.42. The fourth-order valence-corrected chi connectivity index (χ4v) is 2.63. The van der Waals surface area contributed by atoms with Crippen LogP contribution in [0.5, 0.6) is 0 Å². The number of nitrogens with two attached hydrogens (primary N) is 1. The van der Waals surface area contributed by atoms with E-state index < -0.39 is 5.97 Å². The van der Waals surface area contributed by atoms with Crippen molar-refractivity contribution in [1.29, 1.82) is 0 Å². The molecule has 2 aromatic rings. The molecule has 0 atom stereocenters. The van der Waals surface area contributed by atoms with Crippen molar-refractivity contribution in [3.63, 3.8) is 0 Å². The number of nitrogen functional groups attached to an aromatic ring is 1. The lowest BCUT2D eigenvalue weighted by Crippen LogP contribution is -2.04. The molecule has 3 N–H and O–H groups in total. The normalized spacial score (nSPS) is 10.4. The van der Waals surface area contributed by atoms with Crippen LogP contribution in [0, 0.1) is 12.7 Å². The van der Waals surface area contributed by atoms with Gasteiger partial charge in [0.15, 0.2) is 0 Å². The first-order valence-corrected chi connectivity index (χ1v) is 6.36. The second kappa shape index (κ2) is 5.32. The van der Waals surface area contributed by atoms with Crippen molar-refractivity contribution < 1.29 is 14.3 Å². The van der Waals surface area contributed by atoms with E-state index in [4.69, 9.17) is 10.8 Å². The Hall–Kier alpha value is -2.01. The Morgan fingerprint density at radius 1 is 1.32 bits per heavy atom. The summed E-state index contributed by atoms with van der Waals surface area (Å²) in [7, 11) is 0. The first-order valence-electron chi connectivity index (χ1n) is 5.55. The van der Waals surface area contributed by atoms with E-state index >= 15 is 0 Å². The van der Waals surface area contributed by atoms with E-state index in [2.05, 4.69) is 0 Å². The van der Waals surface area contributed by atoms with Gasteiger partial charge >= 0.3 is 5.97 Å². The minimum atomic E-state index is -1.09. The van der Waals surface area contributed by atoms with Gasteiger partial charge < -0.3 is 10.8 Å². The Labute approximate surface area is 114 Å². The van der Waals surface area contributed by atoms with Crippen molar-refractivity contribution in [2.45, 2.75) is 16.7 Å². The summed E-state index contributed by atoms with van der Waals surface area (Å²) in [6.07, 6.45) is 0. The molecule has 98 valence electrons. The molecule has 0 fully saturated rings. The molecule has 0 unspecified atom stereocenters. The number of aryl methyl sites for hydroxylation is 1. The minimum absolute atomic E-state index is 0.0406. The monoisotopic (exact) mass is 277 g/mol. The Morgan fingerprint density at radius 3 is 2.63 bits per heavy atom. The number of carboxylic acid groups (broad SMARTS) is 1. The van der Waals surface area contributed by atoms with Crippen LogP contribution in [0.1, 0.15) is 15.9 Å². The zero-order chi connectivity index (χ0) is 14.0. The quantitative estimate of drug-likeness (QED) is 0.842. The average molecular weight is 277 g/mol. The van der Waals surface area contributed by atoms with Gasteiger partial charge in [-0.05, 0) is 36.8 Å². The zero-order valence-electron chi connectivity index (χ0n) is 10.2. The average Bonchev–Trinajstić information content (AvgIpc) is 2.36. The third-order valence-corrected chi connectivity index (χ3v) is 3.68. The van der Waals surface area contributed by atoms with Crippen LogP contribution < -0.4 is 5.73 Å². The molecular formula is C14H12FNO2S. The van der Waals surface area contributed by atoms with Crippen LogP contribution in [0.25, 0.3) is 0 Å². The maximum absolute atomic E-state index is 13.6. The molecule has 2 aromatic carbocycles. The first-order chi connectivity index (χ1) is 8.99. The zero-order valence-corrected chi connectivity index (χ0v) is 11.0. The Morgan fingerprint density at radius 2 is 2.00 bits per heavy atom. The topological polar surface area (TPSA) is 63.3 Å².